The number of fused-ring (bicyclic) bond motifs is 5. The van der Waals surface area contributed by atoms with Crippen molar-refractivity contribution in [1.29, 1.82) is 0 Å². The highest BCUT2D eigenvalue weighted by Crippen LogP contribution is 2.67. The fraction of sp³-hybridized carbons (Fsp3) is 0.800. The first-order valence-electron chi connectivity index (χ1n) is 29.8. The van der Waals surface area contributed by atoms with Gasteiger partial charge in [0.05, 0.1) is 0 Å². The van der Waals surface area contributed by atoms with E-state index in [0.717, 1.165) is 86.9 Å². The summed E-state index contributed by atoms with van der Waals surface area (Å²) in [6.45, 7) is 14.9. The Morgan fingerprint density at radius 1 is 0.582 bits per heavy atom. The maximum absolute atomic E-state index is 13.0. The molecule has 0 aromatic rings. The number of unbranched alkanes of at least 4 members (excludes halogenated alkanes) is 19. The van der Waals surface area contributed by atoms with Crippen molar-refractivity contribution in [2.24, 2.45) is 46.3 Å². The average Bonchev–Trinajstić information content (AvgIpc) is 3.67. The Hall–Kier alpha value is -2.09. The molecule has 0 aromatic heterocycles. The normalized spacial score (nSPS) is 26.9. The number of hydrogen-bond donors (Lipinski definition) is 0. The molecular formula is C65H110O2. The van der Waals surface area contributed by atoms with E-state index >= 15 is 0 Å². The standard InChI is InChI=1S/C65H110O2/c1-7-8-9-10-11-12-13-14-15-16-17-18-19-20-21-22-23-24-25-26-27-28-29-30-31-32-33-34-35-36-37-38-39-40-41-45-63(66)67-58-50-52-64(5)57(54-58)46-47-59-61-49-48-60(56(4)44-42-43-55(2)3)65(61,6)53-51-62(59)64/h8-9,11-12,14-15,17-18,20-21,46,55-56,58-62H,7,10,13,16,19,22-45,47-54H2,1-6H3/b9-8-,12-11-,15-14-,18-17-,21-20-. The molecule has 0 aromatic carbocycles. The van der Waals surface area contributed by atoms with E-state index in [9.17, 15) is 4.79 Å². The van der Waals surface area contributed by atoms with Gasteiger partial charge in [0, 0.05) is 12.8 Å². The summed E-state index contributed by atoms with van der Waals surface area (Å²) in [6.07, 6.45) is 73.3. The Kier molecular flexibility index (Phi) is 29.4. The minimum Gasteiger partial charge on any atom is -0.462 e. The number of carbonyl (C=O) groups is 1. The maximum Gasteiger partial charge on any atom is 0.306 e. The molecule has 0 amide bonds. The maximum atomic E-state index is 13.0. The summed E-state index contributed by atoms with van der Waals surface area (Å²) in [5, 5.41) is 0. The quantitative estimate of drug-likeness (QED) is 0.0353. The first-order chi connectivity index (χ1) is 32.7. The molecule has 3 fully saturated rings. The lowest BCUT2D eigenvalue weighted by Gasteiger charge is -2.58. The second kappa shape index (κ2) is 34.3. The van der Waals surface area contributed by atoms with E-state index in [1.165, 1.54) is 180 Å². The van der Waals surface area contributed by atoms with Gasteiger partial charge in [0.2, 0.25) is 0 Å². The van der Waals surface area contributed by atoms with Crippen molar-refractivity contribution in [3.63, 3.8) is 0 Å². The molecule has 8 atom stereocenters. The molecule has 4 aliphatic rings. The second-order valence-electron chi connectivity index (χ2n) is 23.6. The third kappa shape index (κ3) is 21.4. The third-order valence-electron chi connectivity index (χ3n) is 18.0. The first-order valence-corrected chi connectivity index (χ1v) is 29.8. The van der Waals surface area contributed by atoms with Crippen LogP contribution in [0.2, 0.25) is 0 Å². The van der Waals surface area contributed by atoms with Crippen LogP contribution in [0, 0.1) is 46.3 Å². The van der Waals surface area contributed by atoms with Crippen LogP contribution < -0.4 is 0 Å². The highest BCUT2D eigenvalue weighted by molar-refractivity contribution is 5.69. The topological polar surface area (TPSA) is 26.3 Å². The Morgan fingerprint density at radius 3 is 1.63 bits per heavy atom. The Labute approximate surface area is 417 Å². The SMILES string of the molecule is CC/C=C\C/C=C\C/C=C\C/C=C\C/C=C\CCCCCCCCCCCCCCCCCCCCCC(=O)OC1CCC2(C)C(=CCC3C2CCC2(C)C(C(C)CCCC(C)C)CCC32)C1. The molecule has 0 aliphatic heterocycles. The molecule has 4 rings (SSSR count). The molecule has 0 N–H and O–H groups in total. The van der Waals surface area contributed by atoms with E-state index in [1.54, 1.807) is 5.57 Å². The predicted octanol–water partition coefficient (Wildman–Crippen LogP) is 20.9. The van der Waals surface area contributed by atoms with E-state index in [1.807, 2.05) is 0 Å². The molecule has 0 saturated heterocycles. The van der Waals surface area contributed by atoms with E-state index < -0.39 is 0 Å². The minimum atomic E-state index is 0.0650. The van der Waals surface area contributed by atoms with E-state index in [0.29, 0.717) is 17.3 Å². The van der Waals surface area contributed by atoms with Gasteiger partial charge >= 0.3 is 5.97 Å². The molecule has 2 heteroatoms. The van der Waals surface area contributed by atoms with Gasteiger partial charge in [-0.3, -0.25) is 4.79 Å². The highest BCUT2D eigenvalue weighted by Gasteiger charge is 2.59. The van der Waals surface area contributed by atoms with Gasteiger partial charge in [0.15, 0.2) is 0 Å². The van der Waals surface area contributed by atoms with Crippen molar-refractivity contribution in [3.8, 4) is 0 Å². The van der Waals surface area contributed by atoms with Crippen LogP contribution in [0.4, 0.5) is 0 Å². The van der Waals surface area contributed by atoms with Gasteiger partial charge < -0.3 is 4.74 Å². The number of esters is 1. The van der Waals surface area contributed by atoms with E-state index in [-0.39, 0.29) is 12.1 Å². The molecular weight excluding hydrogens is 813 g/mol. The lowest BCUT2D eigenvalue weighted by Crippen LogP contribution is -2.51. The zero-order valence-corrected chi connectivity index (χ0v) is 45.4. The first kappa shape index (κ1) is 57.5. The average molecular weight is 924 g/mol. The Balaban J connectivity index is 0.887. The molecule has 3 saturated carbocycles. The van der Waals surface area contributed by atoms with Crippen LogP contribution in [0.5, 0.6) is 0 Å². The summed E-state index contributed by atoms with van der Waals surface area (Å²) in [7, 11) is 0. The number of carbonyl (C=O) groups excluding carboxylic acids is 1. The summed E-state index contributed by atoms with van der Waals surface area (Å²) in [4.78, 5) is 13.0. The van der Waals surface area contributed by atoms with Gasteiger partial charge in [-0.25, -0.2) is 0 Å². The van der Waals surface area contributed by atoms with Gasteiger partial charge in [-0.1, -0.05) is 242 Å². The smallest absolute Gasteiger partial charge is 0.306 e. The molecule has 0 radical (unpaired) electrons. The van der Waals surface area contributed by atoms with Gasteiger partial charge in [-0.05, 0) is 143 Å². The number of allylic oxidation sites excluding steroid dienone is 11. The molecule has 4 aliphatic carbocycles. The summed E-state index contributed by atoms with van der Waals surface area (Å²) in [5.41, 5.74) is 2.52. The van der Waals surface area contributed by atoms with Crippen LogP contribution in [0.25, 0.3) is 0 Å². The van der Waals surface area contributed by atoms with Crippen molar-refractivity contribution < 1.29 is 9.53 Å². The molecule has 67 heavy (non-hydrogen) atoms. The van der Waals surface area contributed by atoms with Crippen molar-refractivity contribution >= 4 is 5.97 Å². The second-order valence-corrected chi connectivity index (χ2v) is 23.6. The summed E-state index contributed by atoms with van der Waals surface area (Å²) in [5.74, 6) is 5.31. The fourth-order valence-corrected chi connectivity index (χ4v) is 13.9. The van der Waals surface area contributed by atoms with Crippen molar-refractivity contribution in [3.05, 3.63) is 72.4 Å². The van der Waals surface area contributed by atoms with Gasteiger partial charge in [-0.2, -0.15) is 0 Å². The molecule has 382 valence electrons. The summed E-state index contributed by atoms with van der Waals surface area (Å²) >= 11 is 0. The third-order valence-corrected chi connectivity index (χ3v) is 18.0. The highest BCUT2D eigenvalue weighted by atomic mass is 16.5. The van der Waals surface area contributed by atoms with Gasteiger partial charge in [0.25, 0.3) is 0 Å². The van der Waals surface area contributed by atoms with Crippen LogP contribution in [-0.4, -0.2) is 12.1 Å². The van der Waals surface area contributed by atoms with E-state index in [2.05, 4.69) is 108 Å². The molecule has 2 nitrogen and oxygen atoms in total. The van der Waals surface area contributed by atoms with Crippen LogP contribution in [0.15, 0.2) is 72.4 Å². The monoisotopic (exact) mass is 923 g/mol. The van der Waals surface area contributed by atoms with Crippen molar-refractivity contribution in [2.45, 2.75) is 285 Å². The predicted molar refractivity (Wildman–Crippen MR) is 294 cm³/mol. The van der Waals surface area contributed by atoms with Crippen molar-refractivity contribution in [2.75, 3.05) is 0 Å². The zero-order chi connectivity index (χ0) is 47.8. The van der Waals surface area contributed by atoms with Crippen molar-refractivity contribution in [1.82, 2.24) is 0 Å². The van der Waals surface area contributed by atoms with Gasteiger partial charge in [0.1, 0.15) is 6.10 Å². The lowest BCUT2D eigenvalue weighted by molar-refractivity contribution is -0.151. The van der Waals surface area contributed by atoms with Crippen LogP contribution in [0.1, 0.15) is 279 Å². The Bertz CT molecular complexity index is 1470. The van der Waals surface area contributed by atoms with Gasteiger partial charge in [-0.15, -0.1) is 0 Å². The molecule has 0 heterocycles. The number of hydrogen-bond acceptors (Lipinski definition) is 2. The summed E-state index contributed by atoms with van der Waals surface area (Å²) < 4.78 is 6.18. The molecule has 0 bridgehead atoms. The van der Waals surface area contributed by atoms with Crippen LogP contribution in [-0.2, 0) is 9.53 Å². The number of rotatable bonds is 37. The van der Waals surface area contributed by atoms with Crippen LogP contribution >= 0.6 is 0 Å². The molecule has 8 unspecified atom stereocenters. The lowest BCUT2D eigenvalue weighted by atomic mass is 9.47. The fourth-order valence-electron chi connectivity index (χ4n) is 13.9. The molecule has 0 spiro atoms. The Morgan fingerprint density at radius 2 is 1.09 bits per heavy atom. The van der Waals surface area contributed by atoms with E-state index in [4.69, 9.17) is 4.74 Å². The summed E-state index contributed by atoms with van der Waals surface area (Å²) in [6, 6.07) is 0. The number of ether oxygens (including phenoxy) is 1. The largest absolute Gasteiger partial charge is 0.462 e. The van der Waals surface area contributed by atoms with Crippen LogP contribution in [0.3, 0.4) is 0 Å². The zero-order valence-electron chi connectivity index (χ0n) is 45.4. The minimum absolute atomic E-state index is 0.0650.